The smallest absolute Gasteiger partial charge is 0.0789 e. The molecular weight excluding hydrogens is 278 g/mol. The summed E-state index contributed by atoms with van der Waals surface area (Å²) in [6.07, 6.45) is 1.95. The summed E-state index contributed by atoms with van der Waals surface area (Å²) in [7, 11) is 0. The van der Waals surface area contributed by atoms with Gasteiger partial charge in [0.05, 0.1) is 5.69 Å². The highest BCUT2D eigenvalue weighted by atomic mass is 14.7. The maximum atomic E-state index is 4.82. The van der Waals surface area contributed by atoms with Gasteiger partial charge in [-0.25, -0.2) is 0 Å². The molecule has 0 unspecified atom stereocenters. The molecule has 2 aromatic carbocycles. The Balaban J connectivity index is 2.25. The van der Waals surface area contributed by atoms with Gasteiger partial charge in [0.25, 0.3) is 0 Å². The molecule has 0 aliphatic heterocycles. The number of pyridine rings is 1. The Bertz CT molecular complexity index is 921. The summed E-state index contributed by atoms with van der Waals surface area (Å²) < 4.78 is 0. The molecular formula is C22H23N. The van der Waals surface area contributed by atoms with E-state index in [2.05, 4.69) is 77.1 Å². The van der Waals surface area contributed by atoms with Crippen molar-refractivity contribution in [1.82, 2.24) is 4.98 Å². The van der Waals surface area contributed by atoms with Crippen LogP contribution in [-0.4, -0.2) is 4.98 Å². The topological polar surface area (TPSA) is 12.9 Å². The quantitative estimate of drug-likeness (QED) is 0.508. The van der Waals surface area contributed by atoms with Crippen LogP contribution >= 0.6 is 0 Å². The second-order valence-electron chi connectivity index (χ2n) is 8.17. The van der Waals surface area contributed by atoms with Crippen molar-refractivity contribution in [3.05, 3.63) is 65.4 Å². The second-order valence-corrected chi connectivity index (χ2v) is 8.17. The van der Waals surface area contributed by atoms with Crippen LogP contribution in [0.2, 0.25) is 0 Å². The largest absolute Gasteiger partial charge is 0.256 e. The number of hydrogen-bond donors (Lipinski definition) is 0. The van der Waals surface area contributed by atoms with E-state index >= 15 is 0 Å². The van der Waals surface area contributed by atoms with Crippen molar-refractivity contribution in [1.29, 1.82) is 0 Å². The fourth-order valence-electron chi connectivity index (χ4n) is 4.04. The second kappa shape index (κ2) is 4.44. The van der Waals surface area contributed by atoms with Crippen LogP contribution in [0.15, 0.2) is 48.7 Å². The highest BCUT2D eigenvalue weighted by molar-refractivity contribution is 6.02. The summed E-state index contributed by atoms with van der Waals surface area (Å²) in [4.78, 5) is 4.82. The zero-order valence-corrected chi connectivity index (χ0v) is 14.6. The van der Waals surface area contributed by atoms with Crippen molar-refractivity contribution in [3.8, 4) is 11.3 Å². The van der Waals surface area contributed by atoms with Gasteiger partial charge in [-0.3, -0.25) is 4.98 Å². The first kappa shape index (κ1) is 14.4. The van der Waals surface area contributed by atoms with Crippen molar-refractivity contribution < 1.29 is 0 Å². The average molecular weight is 301 g/mol. The van der Waals surface area contributed by atoms with Crippen LogP contribution in [0.25, 0.3) is 22.0 Å². The van der Waals surface area contributed by atoms with Crippen LogP contribution in [0.1, 0.15) is 51.3 Å². The maximum Gasteiger partial charge on any atom is 0.0789 e. The minimum Gasteiger partial charge on any atom is -0.256 e. The van der Waals surface area contributed by atoms with Gasteiger partial charge in [-0.15, -0.1) is 0 Å². The number of benzene rings is 2. The molecule has 3 aromatic rings. The fraction of sp³-hybridized carbons (Fsp3) is 0.318. The predicted molar refractivity (Wildman–Crippen MR) is 98.0 cm³/mol. The predicted octanol–water partition coefficient (Wildman–Crippen LogP) is 5.84. The van der Waals surface area contributed by atoms with E-state index in [-0.39, 0.29) is 10.8 Å². The Kier molecular flexibility index (Phi) is 2.79. The van der Waals surface area contributed by atoms with Crippen molar-refractivity contribution >= 4 is 10.8 Å². The Morgan fingerprint density at radius 1 is 0.870 bits per heavy atom. The van der Waals surface area contributed by atoms with Gasteiger partial charge in [-0.2, -0.15) is 0 Å². The number of aromatic nitrogens is 1. The number of rotatable bonds is 0. The zero-order chi connectivity index (χ0) is 16.4. The minimum absolute atomic E-state index is 0.00780. The van der Waals surface area contributed by atoms with E-state index in [1.54, 1.807) is 0 Å². The third-order valence-electron chi connectivity index (χ3n) is 5.25. The van der Waals surface area contributed by atoms with E-state index in [1.165, 1.54) is 33.0 Å². The third-order valence-corrected chi connectivity index (χ3v) is 5.25. The standard InChI is InChI=1S/C22H23N/c1-21(2,3)15-9-7-11-17-19(15)20-18-14(12-13-23-20)8-6-10-16(18)22(17,4)5/h6-13H,1-5H3. The average Bonchev–Trinajstić information content (AvgIpc) is 2.51. The molecule has 0 radical (unpaired) electrons. The van der Waals surface area contributed by atoms with Crippen molar-refractivity contribution in [3.63, 3.8) is 0 Å². The van der Waals surface area contributed by atoms with Crippen molar-refractivity contribution in [2.24, 2.45) is 0 Å². The van der Waals surface area contributed by atoms with E-state index in [4.69, 9.17) is 4.98 Å². The summed E-state index contributed by atoms with van der Waals surface area (Å²) in [5.41, 5.74) is 6.74. The van der Waals surface area contributed by atoms with Crippen LogP contribution in [-0.2, 0) is 10.8 Å². The number of nitrogens with zero attached hydrogens (tertiary/aromatic N) is 1. The van der Waals surface area contributed by atoms with E-state index in [1.807, 2.05) is 6.20 Å². The summed E-state index contributed by atoms with van der Waals surface area (Å²) >= 11 is 0. The first-order valence-corrected chi connectivity index (χ1v) is 8.34. The van der Waals surface area contributed by atoms with Crippen LogP contribution < -0.4 is 0 Å². The molecule has 0 saturated carbocycles. The van der Waals surface area contributed by atoms with Crippen LogP contribution in [0.4, 0.5) is 0 Å². The van der Waals surface area contributed by atoms with Crippen molar-refractivity contribution in [2.75, 3.05) is 0 Å². The van der Waals surface area contributed by atoms with Gasteiger partial charge in [-0.05, 0) is 33.6 Å². The van der Waals surface area contributed by atoms with Gasteiger partial charge in [0.2, 0.25) is 0 Å². The monoisotopic (exact) mass is 301 g/mol. The van der Waals surface area contributed by atoms with Gasteiger partial charge < -0.3 is 0 Å². The molecule has 1 heterocycles. The molecule has 1 aliphatic rings. The fourth-order valence-corrected chi connectivity index (χ4v) is 4.04. The van der Waals surface area contributed by atoms with E-state index < -0.39 is 0 Å². The molecule has 0 amide bonds. The Morgan fingerprint density at radius 2 is 1.57 bits per heavy atom. The molecule has 1 heteroatoms. The Hall–Kier alpha value is -2.15. The van der Waals surface area contributed by atoms with Gasteiger partial charge in [-0.1, -0.05) is 71.0 Å². The lowest BCUT2D eigenvalue weighted by Crippen LogP contribution is -2.26. The number of hydrogen-bond acceptors (Lipinski definition) is 1. The first-order chi connectivity index (χ1) is 10.8. The molecule has 0 spiro atoms. The maximum absolute atomic E-state index is 4.82. The third kappa shape index (κ3) is 1.89. The summed E-state index contributed by atoms with van der Waals surface area (Å²) in [6.45, 7) is 11.5. The molecule has 0 fully saturated rings. The lowest BCUT2D eigenvalue weighted by Gasteiger charge is -2.37. The number of fused-ring (bicyclic) bond motifs is 2. The molecule has 0 N–H and O–H groups in total. The first-order valence-electron chi connectivity index (χ1n) is 8.34. The summed E-state index contributed by atoms with van der Waals surface area (Å²) in [5, 5.41) is 2.61. The van der Waals surface area contributed by atoms with Gasteiger partial charge >= 0.3 is 0 Å². The normalized spacial score (nSPS) is 15.5. The Labute approximate surface area is 138 Å². The Morgan fingerprint density at radius 3 is 2.30 bits per heavy atom. The molecule has 1 nitrogen and oxygen atoms in total. The highest BCUT2D eigenvalue weighted by Crippen LogP contribution is 2.50. The molecule has 116 valence electrons. The molecule has 1 aliphatic carbocycles. The molecule has 4 rings (SSSR count). The van der Waals surface area contributed by atoms with Gasteiger partial charge in [0, 0.05) is 22.6 Å². The molecule has 1 aromatic heterocycles. The highest BCUT2D eigenvalue weighted by Gasteiger charge is 2.36. The van der Waals surface area contributed by atoms with Crippen LogP contribution in [0, 0.1) is 0 Å². The molecule has 23 heavy (non-hydrogen) atoms. The zero-order valence-electron chi connectivity index (χ0n) is 14.6. The summed E-state index contributed by atoms with van der Waals surface area (Å²) in [5.74, 6) is 0. The lowest BCUT2D eigenvalue weighted by atomic mass is 9.67. The lowest BCUT2D eigenvalue weighted by molar-refractivity contribution is 0.583. The van der Waals surface area contributed by atoms with Gasteiger partial charge in [0.15, 0.2) is 0 Å². The summed E-state index contributed by atoms with van der Waals surface area (Å²) in [6, 6.07) is 15.5. The molecule has 0 atom stereocenters. The van der Waals surface area contributed by atoms with E-state index in [0.29, 0.717) is 0 Å². The van der Waals surface area contributed by atoms with Crippen LogP contribution in [0.5, 0.6) is 0 Å². The van der Waals surface area contributed by atoms with E-state index in [0.717, 1.165) is 5.69 Å². The molecule has 0 saturated heterocycles. The van der Waals surface area contributed by atoms with Gasteiger partial charge in [0.1, 0.15) is 0 Å². The SMILES string of the molecule is CC(C)(C)c1cccc2c1-c1nccc3cccc(c13)C2(C)C. The molecule has 0 bridgehead atoms. The van der Waals surface area contributed by atoms with E-state index in [9.17, 15) is 0 Å². The van der Waals surface area contributed by atoms with Crippen LogP contribution in [0.3, 0.4) is 0 Å². The minimum atomic E-state index is -0.00780. The van der Waals surface area contributed by atoms with Crippen molar-refractivity contribution in [2.45, 2.75) is 45.4 Å².